The summed E-state index contributed by atoms with van der Waals surface area (Å²) in [4.78, 5) is 25.1. The number of nitrogens with zero attached hydrogens (tertiary/aromatic N) is 3. The minimum absolute atomic E-state index is 0.0185. The molecular formula is C24H27F4N5O2. The molecule has 1 fully saturated rings. The monoisotopic (exact) mass is 493 g/mol. The van der Waals surface area contributed by atoms with Gasteiger partial charge in [-0.25, -0.2) is 14.4 Å². The van der Waals surface area contributed by atoms with Gasteiger partial charge in [0, 0.05) is 25.8 Å². The van der Waals surface area contributed by atoms with Crippen LogP contribution in [0.5, 0.6) is 0 Å². The SMILES string of the molecule is Cc1nc2cc(C(F)(F)F)c([C@H](C)Nc3ncc(CN4C[C@@H](C)O[C@@H](C)C4)cc3F)cc2c(=O)[nH]1. The van der Waals surface area contributed by atoms with Crippen LogP contribution in [0.3, 0.4) is 0 Å². The highest BCUT2D eigenvalue weighted by molar-refractivity contribution is 5.80. The molecule has 0 aliphatic carbocycles. The second-order valence-corrected chi connectivity index (χ2v) is 9.10. The Bertz CT molecular complexity index is 1280. The number of aromatic amines is 1. The van der Waals surface area contributed by atoms with Crippen molar-refractivity contribution in [3.63, 3.8) is 0 Å². The molecule has 0 radical (unpaired) electrons. The van der Waals surface area contributed by atoms with E-state index < -0.39 is 29.2 Å². The molecule has 4 rings (SSSR count). The predicted octanol–water partition coefficient (Wildman–Crippen LogP) is 4.57. The first kappa shape index (κ1) is 25.1. The molecule has 7 nitrogen and oxygen atoms in total. The maximum atomic E-state index is 14.9. The summed E-state index contributed by atoms with van der Waals surface area (Å²) in [6, 6.07) is 2.33. The number of nitrogens with one attached hydrogen (secondary N) is 2. The maximum Gasteiger partial charge on any atom is 0.416 e. The highest BCUT2D eigenvalue weighted by atomic mass is 19.4. The van der Waals surface area contributed by atoms with E-state index in [1.165, 1.54) is 26.1 Å². The maximum absolute atomic E-state index is 14.9. The minimum atomic E-state index is -4.69. The van der Waals surface area contributed by atoms with Gasteiger partial charge in [0.05, 0.1) is 34.7 Å². The number of alkyl halides is 3. The molecule has 1 saturated heterocycles. The van der Waals surface area contributed by atoms with Crippen LogP contribution in [0.1, 0.15) is 49.3 Å². The third kappa shape index (κ3) is 5.62. The van der Waals surface area contributed by atoms with Gasteiger partial charge < -0.3 is 15.0 Å². The molecule has 11 heteroatoms. The lowest BCUT2D eigenvalue weighted by molar-refractivity contribution is -0.138. The molecule has 3 aromatic rings. The Balaban J connectivity index is 1.60. The third-order valence-electron chi connectivity index (χ3n) is 5.92. The molecular weight excluding hydrogens is 466 g/mol. The van der Waals surface area contributed by atoms with E-state index in [2.05, 4.69) is 25.2 Å². The van der Waals surface area contributed by atoms with Gasteiger partial charge in [0.25, 0.3) is 5.56 Å². The first-order chi connectivity index (χ1) is 16.4. The molecule has 2 N–H and O–H groups in total. The normalized spacial score (nSPS) is 20.2. The smallest absolute Gasteiger partial charge is 0.373 e. The molecule has 1 aromatic carbocycles. The molecule has 1 aliphatic rings. The van der Waals surface area contributed by atoms with Crippen molar-refractivity contribution in [1.29, 1.82) is 0 Å². The molecule has 2 aromatic heterocycles. The van der Waals surface area contributed by atoms with Gasteiger partial charge in [-0.05, 0) is 57.0 Å². The number of hydrogen-bond donors (Lipinski definition) is 2. The molecule has 0 saturated carbocycles. The largest absolute Gasteiger partial charge is 0.416 e. The van der Waals surface area contributed by atoms with Crippen LogP contribution in [0, 0.1) is 12.7 Å². The number of aromatic nitrogens is 3. The van der Waals surface area contributed by atoms with Crippen molar-refractivity contribution < 1.29 is 22.3 Å². The lowest BCUT2D eigenvalue weighted by Gasteiger charge is -2.35. The Morgan fingerprint density at radius 2 is 1.91 bits per heavy atom. The van der Waals surface area contributed by atoms with Crippen molar-refractivity contribution in [2.24, 2.45) is 0 Å². The van der Waals surface area contributed by atoms with Gasteiger partial charge in [-0.15, -0.1) is 0 Å². The van der Waals surface area contributed by atoms with Crippen LogP contribution in [0.25, 0.3) is 10.9 Å². The number of aryl methyl sites for hydroxylation is 1. The van der Waals surface area contributed by atoms with Crippen LogP contribution in [0.4, 0.5) is 23.4 Å². The van der Waals surface area contributed by atoms with Crippen LogP contribution in [-0.2, 0) is 17.5 Å². The van der Waals surface area contributed by atoms with E-state index in [0.29, 0.717) is 25.2 Å². The average Bonchev–Trinajstić information content (AvgIpc) is 2.73. The van der Waals surface area contributed by atoms with Gasteiger partial charge in [-0.1, -0.05) is 0 Å². The Morgan fingerprint density at radius 3 is 2.54 bits per heavy atom. The summed E-state index contributed by atoms with van der Waals surface area (Å²) in [6.07, 6.45) is -3.06. The first-order valence-corrected chi connectivity index (χ1v) is 11.3. The predicted molar refractivity (Wildman–Crippen MR) is 124 cm³/mol. The Morgan fingerprint density at radius 1 is 1.23 bits per heavy atom. The zero-order valence-corrected chi connectivity index (χ0v) is 19.8. The zero-order chi connectivity index (χ0) is 25.5. The summed E-state index contributed by atoms with van der Waals surface area (Å²) in [5, 5.41) is 2.75. The molecule has 3 atom stereocenters. The van der Waals surface area contributed by atoms with Gasteiger partial charge in [0.15, 0.2) is 11.6 Å². The van der Waals surface area contributed by atoms with E-state index in [0.717, 1.165) is 12.1 Å². The number of anilines is 1. The van der Waals surface area contributed by atoms with E-state index in [9.17, 15) is 22.4 Å². The Labute approximate surface area is 199 Å². The van der Waals surface area contributed by atoms with E-state index in [1.807, 2.05) is 13.8 Å². The molecule has 0 bridgehead atoms. The van der Waals surface area contributed by atoms with E-state index >= 15 is 0 Å². The van der Waals surface area contributed by atoms with Gasteiger partial charge in [-0.2, -0.15) is 13.2 Å². The number of benzene rings is 1. The Kier molecular flexibility index (Phi) is 6.83. The summed E-state index contributed by atoms with van der Waals surface area (Å²) in [7, 11) is 0. The highest BCUT2D eigenvalue weighted by Crippen LogP contribution is 2.37. The van der Waals surface area contributed by atoms with Crippen LogP contribution < -0.4 is 10.9 Å². The second-order valence-electron chi connectivity index (χ2n) is 9.10. The van der Waals surface area contributed by atoms with Crippen molar-refractivity contribution in [3.8, 4) is 0 Å². The summed E-state index contributed by atoms with van der Waals surface area (Å²) in [5.74, 6) is -0.635. The lowest BCUT2D eigenvalue weighted by atomic mass is 9.98. The van der Waals surface area contributed by atoms with Gasteiger partial charge in [0.1, 0.15) is 5.82 Å². The number of hydrogen-bond acceptors (Lipinski definition) is 6. The minimum Gasteiger partial charge on any atom is -0.373 e. The number of rotatable bonds is 5. The molecule has 1 aliphatic heterocycles. The second kappa shape index (κ2) is 9.54. The molecule has 35 heavy (non-hydrogen) atoms. The van der Waals surface area contributed by atoms with Crippen molar-refractivity contribution in [2.75, 3.05) is 18.4 Å². The lowest BCUT2D eigenvalue weighted by Crippen LogP contribution is -2.44. The van der Waals surface area contributed by atoms with Gasteiger partial charge in [0.2, 0.25) is 0 Å². The number of pyridine rings is 1. The highest BCUT2D eigenvalue weighted by Gasteiger charge is 2.35. The van der Waals surface area contributed by atoms with Gasteiger partial charge >= 0.3 is 6.18 Å². The fourth-order valence-corrected chi connectivity index (χ4v) is 4.55. The standard InChI is InChI=1S/C24H27F4N5O2/c1-12-9-33(10-13(2)35-12)11-16-5-20(25)22(29-8-16)30-14(3)17-6-18-21(7-19(17)24(26,27)28)31-15(4)32-23(18)34/h5-8,12-14H,9-11H2,1-4H3,(H,29,30)(H,31,32,34)/t12-,13+,14-/m0/s1. The zero-order valence-electron chi connectivity index (χ0n) is 19.8. The van der Waals surface area contributed by atoms with Crippen LogP contribution in [0.2, 0.25) is 0 Å². The third-order valence-corrected chi connectivity index (χ3v) is 5.92. The van der Waals surface area contributed by atoms with E-state index in [4.69, 9.17) is 4.74 Å². The number of ether oxygens (including phenoxy) is 1. The van der Waals surface area contributed by atoms with Crippen molar-refractivity contribution in [1.82, 2.24) is 19.9 Å². The summed E-state index contributed by atoms with van der Waals surface area (Å²) >= 11 is 0. The number of morpholine rings is 1. The molecule has 3 heterocycles. The topological polar surface area (TPSA) is 83.1 Å². The van der Waals surface area contributed by atoms with Crippen molar-refractivity contribution >= 4 is 16.7 Å². The Hall–Kier alpha value is -3.05. The average molecular weight is 494 g/mol. The number of H-pyrrole nitrogens is 1. The van der Waals surface area contributed by atoms with Crippen LogP contribution in [-0.4, -0.2) is 45.1 Å². The quantitative estimate of drug-likeness (QED) is 0.507. The molecule has 188 valence electrons. The molecule has 0 amide bonds. The molecule has 0 spiro atoms. The first-order valence-electron chi connectivity index (χ1n) is 11.3. The van der Waals surface area contributed by atoms with Crippen LogP contribution >= 0.6 is 0 Å². The summed E-state index contributed by atoms with van der Waals surface area (Å²) < 4.78 is 62.1. The van der Waals surface area contributed by atoms with Crippen molar-refractivity contribution in [2.45, 2.75) is 58.7 Å². The van der Waals surface area contributed by atoms with Crippen LogP contribution in [0.15, 0.2) is 29.2 Å². The van der Waals surface area contributed by atoms with E-state index in [1.54, 1.807) is 0 Å². The van der Waals surface area contributed by atoms with Crippen molar-refractivity contribution in [3.05, 3.63) is 63.1 Å². The summed E-state index contributed by atoms with van der Waals surface area (Å²) in [5.41, 5.74) is -1.11. The summed E-state index contributed by atoms with van der Waals surface area (Å²) in [6.45, 7) is 8.79. The molecule has 0 unspecified atom stereocenters. The van der Waals surface area contributed by atoms with E-state index in [-0.39, 0.29) is 40.3 Å². The fourth-order valence-electron chi connectivity index (χ4n) is 4.55. The van der Waals surface area contributed by atoms with Gasteiger partial charge in [-0.3, -0.25) is 9.69 Å². The number of fused-ring (bicyclic) bond motifs is 1. The fraction of sp³-hybridized carbons (Fsp3) is 0.458. The number of halogens is 4.